The lowest BCUT2D eigenvalue weighted by atomic mass is 10.2. The molecule has 4 aromatic rings. The summed E-state index contributed by atoms with van der Waals surface area (Å²) >= 11 is 0. The van der Waals surface area contributed by atoms with E-state index in [0.29, 0.717) is 0 Å². The summed E-state index contributed by atoms with van der Waals surface area (Å²) in [6.07, 6.45) is 0. The molecule has 1 fully saturated rings. The van der Waals surface area contributed by atoms with E-state index < -0.39 is 0 Å². The van der Waals surface area contributed by atoms with Crippen molar-refractivity contribution in [3.63, 3.8) is 0 Å². The molecule has 1 N–H and O–H groups in total. The summed E-state index contributed by atoms with van der Waals surface area (Å²) < 4.78 is 0. The van der Waals surface area contributed by atoms with Gasteiger partial charge in [0.2, 0.25) is 5.95 Å². The predicted molar refractivity (Wildman–Crippen MR) is 102 cm³/mol. The molecule has 2 aromatic carbocycles. The number of imidazole rings is 1. The first kappa shape index (κ1) is 14.3. The van der Waals surface area contributed by atoms with E-state index in [1.807, 2.05) is 24.3 Å². The number of pyridine rings is 1. The van der Waals surface area contributed by atoms with Gasteiger partial charge in [-0.2, -0.15) is 0 Å². The molecule has 0 saturated carbocycles. The molecule has 3 heterocycles. The van der Waals surface area contributed by atoms with Gasteiger partial charge < -0.3 is 14.8 Å². The number of hydrogen-bond acceptors (Lipinski definition) is 4. The minimum Gasteiger partial charge on any atom is -0.353 e. The molecule has 5 heteroatoms. The molecule has 2 aromatic heterocycles. The van der Waals surface area contributed by atoms with Gasteiger partial charge in [-0.25, -0.2) is 9.97 Å². The van der Waals surface area contributed by atoms with E-state index in [1.165, 1.54) is 5.39 Å². The third-order valence-electron chi connectivity index (χ3n) is 4.86. The van der Waals surface area contributed by atoms with E-state index in [2.05, 4.69) is 51.2 Å². The molecule has 124 valence electrons. The maximum atomic E-state index is 4.82. The Bertz CT molecular complexity index is 997. The highest BCUT2D eigenvalue weighted by Gasteiger charge is 2.20. The molecule has 0 unspecified atom stereocenters. The molecule has 1 aliphatic rings. The van der Waals surface area contributed by atoms with Crippen molar-refractivity contribution in [2.24, 2.45) is 0 Å². The predicted octanol–water partition coefficient (Wildman–Crippen LogP) is 3.44. The van der Waals surface area contributed by atoms with Crippen molar-refractivity contribution >= 4 is 33.7 Å². The number of H-pyrrole nitrogens is 1. The van der Waals surface area contributed by atoms with Crippen LogP contribution in [0.2, 0.25) is 0 Å². The van der Waals surface area contributed by atoms with Crippen molar-refractivity contribution in [2.75, 3.05) is 36.0 Å². The third-order valence-corrected chi connectivity index (χ3v) is 4.86. The summed E-state index contributed by atoms with van der Waals surface area (Å²) in [6.45, 7) is 3.77. The Kier molecular flexibility index (Phi) is 3.30. The highest BCUT2D eigenvalue weighted by Crippen LogP contribution is 2.22. The number of benzene rings is 2. The number of nitrogens with one attached hydrogen (secondary N) is 1. The minimum absolute atomic E-state index is 0.939. The Morgan fingerprint density at radius 3 is 2.24 bits per heavy atom. The Morgan fingerprint density at radius 1 is 0.680 bits per heavy atom. The smallest absolute Gasteiger partial charge is 0.203 e. The second-order valence-electron chi connectivity index (χ2n) is 6.41. The van der Waals surface area contributed by atoms with Gasteiger partial charge in [0.15, 0.2) is 0 Å². The van der Waals surface area contributed by atoms with Crippen LogP contribution in [0.1, 0.15) is 0 Å². The van der Waals surface area contributed by atoms with Crippen LogP contribution in [0, 0.1) is 0 Å². The van der Waals surface area contributed by atoms with E-state index in [0.717, 1.165) is 54.5 Å². The Hall–Kier alpha value is -3.08. The number of aromatic nitrogens is 3. The van der Waals surface area contributed by atoms with Crippen LogP contribution in [-0.2, 0) is 0 Å². The minimum atomic E-state index is 0.939. The lowest BCUT2D eigenvalue weighted by molar-refractivity contribution is 0.638. The highest BCUT2D eigenvalue weighted by atomic mass is 15.3. The number of hydrogen-bond donors (Lipinski definition) is 1. The van der Waals surface area contributed by atoms with E-state index in [-0.39, 0.29) is 0 Å². The van der Waals surface area contributed by atoms with Crippen LogP contribution in [0.4, 0.5) is 11.8 Å². The normalized spacial score (nSPS) is 15.2. The molecule has 0 aliphatic carbocycles. The molecule has 0 radical (unpaired) electrons. The topological polar surface area (TPSA) is 48.1 Å². The maximum absolute atomic E-state index is 4.82. The van der Waals surface area contributed by atoms with Crippen molar-refractivity contribution in [2.45, 2.75) is 0 Å². The second kappa shape index (κ2) is 5.77. The zero-order valence-electron chi connectivity index (χ0n) is 13.9. The van der Waals surface area contributed by atoms with Crippen molar-refractivity contribution in [1.29, 1.82) is 0 Å². The van der Waals surface area contributed by atoms with E-state index in [4.69, 9.17) is 9.97 Å². The molecule has 0 amide bonds. The Labute approximate surface area is 145 Å². The van der Waals surface area contributed by atoms with Crippen molar-refractivity contribution < 1.29 is 0 Å². The van der Waals surface area contributed by atoms with Gasteiger partial charge in [-0.05, 0) is 30.3 Å². The Morgan fingerprint density at radius 2 is 1.40 bits per heavy atom. The fourth-order valence-electron chi connectivity index (χ4n) is 3.47. The first-order valence-electron chi connectivity index (χ1n) is 8.67. The maximum Gasteiger partial charge on any atom is 0.203 e. The van der Waals surface area contributed by atoms with E-state index in [1.54, 1.807) is 0 Å². The standard InChI is InChI=1S/C20H19N5/c1-2-6-16-15(5-1)9-10-19(21-16)24-11-13-25(14-12-24)20-22-17-7-3-4-8-18(17)23-20/h1-10H,11-14H2,(H,22,23). The number of aromatic amines is 1. The molecule has 0 atom stereocenters. The molecule has 0 bridgehead atoms. The number of piperazine rings is 1. The summed E-state index contributed by atoms with van der Waals surface area (Å²) in [7, 11) is 0. The third kappa shape index (κ3) is 2.58. The number of nitrogens with zero attached hydrogens (tertiary/aromatic N) is 4. The molecule has 25 heavy (non-hydrogen) atoms. The first-order valence-corrected chi connectivity index (χ1v) is 8.67. The fourth-order valence-corrected chi connectivity index (χ4v) is 3.47. The zero-order valence-corrected chi connectivity index (χ0v) is 13.9. The average molecular weight is 329 g/mol. The largest absolute Gasteiger partial charge is 0.353 e. The SMILES string of the molecule is c1ccc2nc(N3CCN(c4nc5ccccc5[nH]4)CC3)ccc2c1. The van der Waals surface area contributed by atoms with Gasteiger partial charge in [-0.3, -0.25) is 0 Å². The zero-order chi connectivity index (χ0) is 16.6. The molecular weight excluding hydrogens is 310 g/mol. The first-order chi connectivity index (χ1) is 12.4. The lowest BCUT2D eigenvalue weighted by Crippen LogP contribution is -2.47. The highest BCUT2D eigenvalue weighted by molar-refractivity contribution is 5.80. The number of anilines is 2. The van der Waals surface area contributed by atoms with E-state index >= 15 is 0 Å². The van der Waals surface area contributed by atoms with Gasteiger partial charge in [0.25, 0.3) is 0 Å². The Balaban J connectivity index is 1.34. The van der Waals surface area contributed by atoms with Crippen molar-refractivity contribution in [3.8, 4) is 0 Å². The van der Waals surface area contributed by atoms with Crippen LogP contribution in [-0.4, -0.2) is 41.1 Å². The number of fused-ring (bicyclic) bond motifs is 2. The number of para-hydroxylation sites is 3. The van der Waals surface area contributed by atoms with Crippen LogP contribution < -0.4 is 9.80 Å². The molecule has 0 spiro atoms. The summed E-state index contributed by atoms with van der Waals surface area (Å²) in [4.78, 5) is 17.6. The van der Waals surface area contributed by atoms with Gasteiger partial charge in [0.1, 0.15) is 5.82 Å². The molecule has 5 nitrogen and oxygen atoms in total. The van der Waals surface area contributed by atoms with Crippen molar-refractivity contribution in [3.05, 3.63) is 60.7 Å². The molecular formula is C20H19N5. The van der Waals surface area contributed by atoms with Crippen LogP contribution >= 0.6 is 0 Å². The average Bonchev–Trinajstić information content (AvgIpc) is 3.12. The van der Waals surface area contributed by atoms with Crippen LogP contribution in [0.25, 0.3) is 21.9 Å². The van der Waals surface area contributed by atoms with Crippen LogP contribution in [0.3, 0.4) is 0 Å². The number of rotatable bonds is 2. The van der Waals surface area contributed by atoms with Gasteiger partial charge >= 0.3 is 0 Å². The molecule has 1 saturated heterocycles. The quantitative estimate of drug-likeness (QED) is 0.612. The van der Waals surface area contributed by atoms with Gasteiger partial charge in [-0.15, -0.1) is 0 Å². The van der Waals surface area contributed by atoms with Crippen molar-refractivity contribution in [1.82, 2.24) is 15.0 Å². The summed E-state index contributed by atoms with van der Waals surface area (Å²) in [5.74, 6) is 2.02. The van der Waals surface area contributed by atoms with E-state index in [9.17, 15) is 0 Å². The van der Waals surface area contributed by atoms with Crippen LogP contribution in [0.5, 0.6) is 0 Å². The van der Waals surface area contributed by atoms with Crippen LogP contribution in [0.15, 0.2) is 60.7 Å². The summed E-state index contributed by atoms with van der Waals surface area (Å²) in [5.41, 5.74) is 3.17. The van der Waals surface area contributed by atoms with Gasteiger partial charge in [0, 0.05) is 31.6 Å². The van der Waals surface area contributed by atoms with Gasteiger partial charge in [0.05, 0.1) is 16.6 Å². The fraction of sp³-hybridized carbons (Fsp3) is 0.200. The lowest BCUT2D eigenvalue weighted by Gasteiger charge is -2.35. The monoisotopic (exact) mass is 329 g/mol. The molecule has 5 rings (SSSR count). The summed E-state index contributed by atoms with van der Waals surface area (Å²) in [6, 6.07) is 20.7. The van der Waals surface area contributed by atoms with Gasteiger partial charge in [-0.1, -0.05) is 30.3 Å². The summed E-state index contributed by atoms with van der Waals surface area (Å²) in [5, 5.41) is 1.19. The second-order valence-corrected chi connectivity index (χ2v) is 6.41. The molecule has 1 aliphatic heterocycles.